The number of carbonyl (C=O) groups is 2. The van der Waals surface area contributed by atoms with Crippen molar-refractivity contribution in [1.29, 1.82) is 0 Å². The Balaban J connectivity index is 2.15. The molecule has 0 aliphatic heterocycles. The normalized spacial score (nSPS) is 11.8. The van der Waals surface area contributed by atoms with E-state index in [9.17, 15) is 24.5 Å². The van der Waals surface area contributed by atoms with E-state index in [1.54, 1.807) is 45.2 Å². The van der Waals surface area contributed by atoms with E-state index in [1.165, 1.54) is 39.3 Å². The first-order valence-corrected chi connectivity index (χ1v) is 10.8. The number of nitrogens with zero attached hydrogens (tertiary/aromatic N) is 5. The molecule has 4 rings (SSSR count). The number of nitro benzene ring substituents is 1. The molecular formula is C24H21N5O6. The maximum atomic E-state index is 13.3. The molecule has 0 aliphatic carbocycles. The maximum Gasteiger partial charge on any atom is 0.341 e. The number of pyridine rings is 2. The van der Waals surface area contributed by atoms with Gasteiger partial charge in [-0.05, 0) is 45.0 Å². The van der Waals surface area contributed by atoms with Crippen LogP contribution < -0.4 is 11.0 Å². The van der Waals surface area contributed by atoms with Gasteiger partial charge in [-0.1, -0.05) is 18.2 Å². The van der Waals surface area contributed by atoms with Crippen LogP contribution in [0.1, 0.15) is 47.5 Å². The highest BCUT2D eigenvalue weighted by Gasteiger charge is 2.23. The van der Waals surface area contributed by atoms with Crippen LogP contribution in [0, 0.1) is 10.1 Å². The lowest BCUT2D eigenvalue weighted by atomic mass is 10.1. The Labute approximate surface area is 198 Å². The standard InChI is InChI=1S/C24H21N5O6/c1-4-35-24(32)17-13-16-20(25-19-11-7-8-12-27(19)23(16)31)28(14(2)3)21(17)26-22(30)15-9-5-6-10-18(15)29(33)34/h5-14H,4H2,1-3H3. The Kier molecular flexibility index (Phi) is 6.24. The van der Waals surface area contributed by atoms with Crippen molar-refractivity contribution in [2.45, 2.75) is 26.8 Å². The molecule has 0 N–H and O–H groups in total. The highest BCUT2D eigenvalue weighted by molar-refractivity contribution is 6.00. The van der Waals surface area contributed by atoms with Crippen molar-refractivity contribution in [3.8, 4) is 0 Å². The fraction of sp³-hybridized carbons (Fsp3) is 0.208. The molecule has 35 heavy (non-hydrogen) atoms. The third kappa shape index (κ3) is 4.19. The molecule has 11 heteroatoms. The minimum Gasteiger partial charge on any atom is -0.462 e. The molecule has 1 amide bonds. The molecule has 0 bridgehead atoms. The van der Waals surface area contributed by atoms with Crippen LogP contribution in [0.4, 0.5) is 5.69 Å². The number of fused-ring (bicyclic) bond motifs is 2. The minimum absolute atomic E-state index is 0.0467. The molecule has 0 saturated heterocycles. The summed E-state index contributed by atoms with van der Waals surface area (Å²) in [6, 6.07) is 11.4. The van der Waals surface area contributed by atoms with Gasteiger partial charge in [0.05, 0.1) is 16.9 Å². The monoisotopic (exact) mass is 475 g/mol. The van der Waals surface area contributed by atoms with Gasteiger partial charge in [-0.3, -0.25) is 24.1 Å². The van der Waals surface area contributed by atoms with Gasteiger partial charge in [0.1, 0.15) is 22.4 Å². The second kappa shape index (κ2) is 9.29. The molecule has 3 aromatic heterocycles. The lowest BCUT2D eigenvalue weighted by molar-refractivity contribution is -0.385. The van der Waals surface area contributed by atoms with E-state index in [2.05, 4.69) is 9.98 Å². The van der Waals surface area contributed by atoms with Crippen LogP contribution in [0.3, 0.4) is 0 Å². The van der Waals surface area contributed by atoms with E-state index < -0.39 is 34.1 Å². The lowest BCUT2D eigenvalue weighted by Gasteiger charge is -2.17. The highest BCUT2D eigenvalue weighted by atomic mass is 16.6. The third-order valence-corrected chi connectivity index (χ3v) is 5.29. The van der Waals surface area contributed by atoms with E-state index in [0.717, 1.165) is 0 Å². The molecule has 4 aromatic rings. The summed E-state index contributed by atoms with van der Waals surface area (Å²) in [5.74, 6) is -1.72. The fourth-order valence-electron chi connectivity index (χ4n) is 3.77. The zero-order valence-electron chi connectivity index (χ0n) is 19.2. The van der Waals surface area contributed by atoms with Crippen molar-refractivity contribution in [2.24, 2.45) is 4.99 Å². The Hall–Kier alpha value is -4.67. The number of hydrogen-bond acceptors (Lipinski definition) is 7. The van der Waals surface area contributed by atoms with Gasteiger partial charge in [-0.25, -0.2) is 9.78 Å². The second-order valence-corrected chi connectivity index (χ2v) is 7.84. The summed E-state index contributed by atoms with van der Waals surface area (Å²) in [4.78, 5) is 58.8. The molecular weight excluding hydrogens is 454 g/mol. The number of esters is 1. The predicted molar refractivity (Wildman–Crippen MR) is 126 cm³/mol. The van der Waals surface area contributed by atoms with Crippen molar-refractivity contribution in [1.82, 2.24) is 14.0 Å². The topological polar surface area (TPSA) is 138 Å². The molecule has 0 radical (unpaired) electrons. The Morgan fingerprint density at radius 1 is 1.14 bits per heavy atom. The molecule has 178 valence electrons. The van der Waals surface area contributed by atoms with Crippen LogP contribution >= 0.6 is 0 Å². The van der Waals surface area contributed by atoms with Crippen LogP contribution in [0.25, 0.3) is 16.7 Å². The second-order valence-electron chi connectivity index (χ2n) is 7.84. The van der Waals surface area contributed by atoms with E-state index >= 15 is 0 Å². The smallest absolute Gasteiger partial charge is 0.341 e. The van der Waals surface area contributed by atoms with E-state index in [-0.39, 0.29) is 34.3 Å². The van der Waals surface area contributed by atoms with Crippen molar-refractivity contribution < 1.29 is 19.2 Å². The predicted octanol–water partition coefficient (Wildman–Crippen LogP) is 3.06. The zero-order chi connectivity index (χ0) is 25.3. The summed E-state index contributed by atoms with van der Waals surface area (Å²) in [5, 5.41) is 11.6. The summed E-state index contributed by atoms with van der Waals surface area (Å²) in [7, 11) is 0. The first-order chi connectivity index (χ1) is 16.7. The number of rotatable bonds is 5. The van der Waals surface area contributed by atoms with Crippen molar-refractivity contribution in [3.05, 3.63) is 91.8 Å². The maximum absolute atomic E-state index is 13.3. The summed E-state index contributed by atoms with van der Waals surface area (Å²) in [5.41, 5.74) is -0.747. The van der Waals surface area contributed by atoms with Crippen LogP contribution in [-0.4, -0.2) is 37.4 Å². The summed E-state index contributed by atoms with van der Waals surface area (Å²) in [6.07, 6.45) is 1.56. The van der Waals surface area contributed by atoms with Crippen LogP contribution in [0.2, 0.25) is 0 Å². The molecule has 0 saturated carbocycles. The number of carbonyl (C=O) groups excluding carboxylic acids is 2. The zero-order valence-corrected chi connectivity index (χ0v) is 19.2. The SMILES string of the molecule is CCOC(=O)c1cc2c(=O)n3ccccc3nc2n(C(C)C)c1=NC(=O)c1ccccc1[N+](=O)[O-]. The lowest BCUT2D eigenvalue weighted by Crippen LogP contribution is -2.33. The number of hydrogen-bond donors (Lipinski definition) is 0. The average molecular weight is 475 g/mol. The van der Waals surface area contributed by atoms with Crippen molar-refractivity contribution >= 4 is 34.2 Å². The van der Waals surface area contributed by atoms with Crippen molar-refractivity contribution in [3.63, 3.8) is 0 Å². The Bertz CT molecular complexity index is 1630. The number of ether oxygens (including phenoxy) is 1. The van der Waals surface area contributed by atoms with Gasteiger partial charge >= 0.3 is 5.97 Å². The number of nitro groups is 1. The minimum atomic E-state index is -0.922. The first-order valence-electron chi connectivity index (χ1n) is 10.8. The Morgan fingerprint density at radius 2 is 1.86 bits per heavy atom. The molecule has 0 unspecified atom stereocenters. The molecule has 3 heterocycles. The van der Waals surface area contributed by atoms with Gasteiger partial charge < -0.3 is 9.30 Å². The summed E-state index contributed by atoms with van der Waals surface area (Å²) >= 11 is 0. The van der Waals surface area contributed by atoms with E-state index in [4.69, 9.17) is 4.74 Å². The van der Waals surface area contributed by atoms with Crippen LogP contribution in [0.15, 0.2) is 64.5 Å². The number of benzene rings is 1. The summed E-state index contributed by atoms with van der Waals surface area (Å²) < 4.78 is 8.00. The van der Waals surface area contributed by atoms with Crippen LogP contribution in [0.5, 0.6) is 0 Å². The van der Waals surface area contributed by atoms with Gasteiger partial charge in [-0.15, -0.1) is 0 Å². The van der Waals surface area contributed by atoms with E-state index in [1.807, 2.05) is 0 Å². The third-order valence-electron chi connectivity index (χ3n) is 5.29. The van der Waals surface area contributed by atoms with Crippen LogP contribution in [-0.2, 0) is 4.74 Å². The molecule has 0 fully saturated rings. The number of amides is 1. The van der Waals surface area contributed by atoms with E-state index in [0.29, 0.717) is 5.65 Å². The number of aromatic nitrogens is 3. The first kappa shape index (κ1) is 23.5. The molecule has 11 nitrogen and oxygen atoms in total. The van der Waals surface area contributed by atoms with Gasteiger partial charge in [-0.2, -0.15) is 4.99 Å². The van der Waals surface area contributed by atoms with Gasteiger partial charge in [0.25, 0.3) is 17.2 Å². The van der Waals surface area contributed by atoms with Crippen molar-refractivity contribution in [2.75, 3.05) is 6.61 Å². The fourth-order valence-corrected chi connectivity index (χ4v) is 3.77. The number of para-hydroxylation sites is 1. The average Bonchev–Trinajstić information content (AvgIpc) is 2.83. The van der Waals surface area contributed by atoms with Gasteiger partial charge in [0, 0.05) is 18.3 Å². The highest BCUT2D eigenvalue weighted by Crippen LogP contribution is 2.19. The Morgan fingerprint density at radius 3 is 2.54 bits per heavy atom. The summed E-state index contributed by atoms with van der Waals surface area (Å²) in [6.45, 7) is 5.22. The molecule has 0 atom stereocenters. The quantitative estimate of drug-likeness (QED) is 0.187. The molecule has 1 aromatic carbocycles. The largest absolute Gasteiger partial charge is 0.462 e. The van der Waals surface area contributed by atoms with Gasteiger partial charge in [0.15, 0.2) is 5.49 Å². The van der Waals surface area contributed by atoms with Gasteiger partial charge in [0.2, 0.25) is 0 Å². The molecule has 0 spiro atoms. The molecule has 0 aliphatic rings.